The summed E-state index contributed by atoms with van der Waals surface area (Å²) >= 11 is 0. The molecule has 1 rings (SSSR count). The lowest BCUT2D eigenvalue weighted by atomic mass is 10.1. The molecule has 1 aliphatic rings. The second kappa shape index (κ2) is 5.14. The minimum absolute atomic E-state index is 0.0718. The van der Waals surface area contributed by atoms with E-state index in [1.807, 2.05) is 0 Å². The Balaban J connectivity index is 2.39. The molecule has 0 spiro atoms. The molecule has 1 unspecified atom stereocenters. The lowest BCUT2D eigenvalue weighted by Crippen LogP contribution is -2.33. The van der Waals surface area contributed by atoms with Crippen LogP contribution >= 0.6 is 0 Å². The van der Waals surface area contributed by atoms with Gasteiger partial charge in [-0.3, -0.25) is 9.59 Å². The number of esters is 1. The van der Waals surface area contributed by atoms with E-state index in [2.05, 4.69) is 6.92 Å². The predicted octanol–water partition coefficient (Wildman–Crippen LogP) is 1.20. The number of hydrogen-bond acceptors (Lipinski definition) is 3. The first-order valence-corrected chi connectivity index (χ1v) is 5.50. The van der Waals surface area contributed by atoms with E-state index in [-0.39, 0.29) is 24.5 Å². The molecule has 1 fully saturated rings. The molecule has 0 aliphatic carbocycles. The topological polar surface area (TPSA) is 46.6 Å². The van der Waals surface area contributed by atoms with Crippen molar-refractivity contribution in [2.45, 2.75) is 39.7 Å². The molecule has 0 N–H and O–H groups in total. The molecule has 1 atom stereocenters. The molecular weight excluding hydrogens is 194 g/mol. The van der Waals surface area contributed by atoms with Gasteiger partial charge in [-0.15, -0.1) is 0 Å². The van der Waals surface area contributed by atoms with Crippen LogP contribution in [0.3, 0.4) is 0 Å². The van der Waals surface area contributed by atoms with Gasteiger partial charge in [-0.2, -0.15) is 0 Å². The first-order valence-electron chi connectivity index (χ1n) is 5.50. The van der Waals surface area contributed by atoms with Gasteiger partial charge in [0.05, 0.1) is 6.10 Å². The average molecular weight is 213 g/mol. The smallest absolute Gasteiger partial charge is 0.325 e. The van der Waals surface area contributed by atoms with Gasteiger partial charge in [0, 0.05) is 13.0 Å². The van der Waals surface area contributed by atoms with Crippen molar-refractivity contribution in [1.29, 1.82) is 0 Å². The van der Waals surface area contributed by atoms with Gasteiger partial charge < -0.3 is 9.64 Å². The first kappa shape index (κ1) is 12.0. The highest BCUT2D eigenvalue weighted by molar-refractivity contribution is 5.83. The largest absolute Gasteiger partial charge is 0.462 e. The lowest BCUT2D eigenvalue weighted by Gasteiger charge is -2.16. The van der Waals surface area contributed by atoms with Crippen LogP contribution in [0.5, 0.6) is 0 Å². The minimum atomic E-state index is -0.310. The van der Waals surface area contributed by atoms with Crippen LogP contribution < -0.4 is 0 Å². The maximum absolute atomic E-state index is 11.5. The van der Waals surface area contributed by atoms with E-state index < -0.39 is 0 Å². The van der Waals surface area contributed by atoms with E-state index in [9.17, 15) is 9.59 Å². The quantitative estimate of drug-likeness (QED) is 0.659. The van der Waals surface area contributed by atoms with Crippen LogP contribution in [-0.4, -0.2) is 36.0 Å². The Morgan fingerprint density at radius 1 is 1.60 bits per heavy atom. The molecule has 1 heterocycles. The van der Waals surface area contributed by atoms with Gasteiger partial charge in [0.15, 0.2) is 0 Å². The van der Waals surface area contributed by atoms with Crippen LogP contribution in [-0.2, 0) is 14.3 Å². The van der Waals surface area contributed by atoms with E-state index in [1.54, 1.807) is 18.7 Å². The van der Waals surface area contributed by atoms with Crippen molar-refractivity contribution >= 4 is 11.9 Å². The fourth-order valence-corrected chi connectivity index (χ4v) is 1.74. The second-order valence-electron chi connectivity index (χ2n) is 4.29. The van der Waals surface area contributed by atoms with Crippen molar-refractivity contribution in [2.24, 2.45) is 5.92 Å². The van der Waals surface area contributed by atoms with Crippen LogP contribution in [0.15, 0.2) is 0 Å². The number of carbonyl (C=O) groups is 2. The van der Waals surface area contributed by atoms with Crippen molar-refractivity contribution in [1.82, 2.24) is 4.90 Å². The SMILES string of the molecule is CCC1CC(=O)N(CC(=O)OC(C)C)C1. The Bertz CT molecular complexity index is 250. The molecule has 15 heavy (non-hydrogen) atoms. The van der Waals surface area contributed by atoms with Crippen LogP contribution in [0.4, 0.5) is 0 Å². The Morgan fingerprint density at radius 3 is 2.73 bits per heavy atom. The molecule has 4 nitrogen and oxygen atoms in total. The summed E-state index contributed by atoms with van der Waals surface area (Å²) in [5, 5.41) is 0. The molecule has 1 saturated heterocycles. The van der Waals surface area contributed by atoms with Crippen molar-refractivity contribution in [3.05, 3.63) is 0 Å². The van der Waals surface area contributed by atoms with Crippen molar-refractivity contribution < 1.29 is 14.3 Å². The Kier molecular flexibility index (Phi) is 4.12. The normalized spacial score (nSPS) is 21.2. The summed E-state index contributed by atoms with van der Waals surface area (Å²) < 4.78 is 5.00. The molecule has 0 aromatic rings. The van der Waals surface area contributed by atoms with Crippen LogP contribution in [0.2, 0.25) is 0 Å². The number of ether oxygens (including phenoxy) is 1. The van der Waals surface area contributed by atoms with Crippen LogP contribution in [0, 0.1) is 5.92 Å². The fraction of sp³-hybridized carbons (Fsp3) is 0.818. The number of nitrogens with zero attached hydrogens (tertiary/aromatic N) is 1. The highest BCUT2D eigenvalue weighted by Gasteiger charge is 2.29. The third-order valence-corrected chi connectivity index (χ3v) is 2.56. The average Bonchev–Trinajstić information content (AvgIpc) is 2.46. The van der Waals surface area contributed by atoms with Gasteiger partial charge >= 0.3 is 5.97 Å². The van der Waals surface area contributed by atoms with Crippen molar-refractivity contribution in [2.75, 3.05) is 13.1 Å². The fourth-order valence-electron chi connectivity index (χ4n) is 1.74. The number of hydrogen-bond donors (Lipinski definition) is 0. The van der Waals surface area contributed by atoms with Gasteiger partial charge in [0.1, 0.15) is 6.54 Å². The van der Waals surface area contributed by atoms with Crippen molar-refractivity contribution in [3.63, 3.8) is 0 Å². The summed E-state index contributed by atoms with van der Waals surface area (Å²) in [5.74, 6) is 0.169. The molecule has 86 valence electrons. The molecule has 4 heteroatoms. The monoisotopic (exact) mass is 213 g/mol. The zero-order valence-corrected chi connectivity index (χ0v) is 9.66. The molecule has 0 radical (unpaired) electrons. The summed E-state index contributed by atoms with van der Waals surface area (Å²) in [6, 6.07) is 0. The number of likely N-dealkylation sites (tertiary alicyclic amines) is 1. The van der Waals surface area contributed by atoms with E-state index in [4.69, 9.17) is 4.74 Å². The maximum Gasteiger partial charge on any atom is 0.325 e. The first-order chi connectivity index (χ1) is 7.02. The number of amides is 1. The summed E-state index contributed by atoms with van der Waals surface area (Å²) in [4.78, 5) is 24.4. The van der Waals surface area contributed by atoms with Gasteiger partial charge in [-0.25, -0.2) is 0 Å². The molecule has 1 amide bonds. The lowest BCUT2D eigenvalue weighted by molar-refractivity contribution is -0.151. The molecular formula is C11H19NO3. The molecule has 1 aliphatic heterocycles. The molecule has 0 aromatic heterocycles. The zero-order chi connectivity index (χ0) is 11.4. The Morgan fingerprint density at radius 2 is 2.27 bits per heavy atom. The van der Waals surface area contributed by atoms with Gasteiger partial charge in [0.2, 0.25) is 5.91 Å². The van der Waals surface area contributed by atoms with Crippen LogP contribution in [0.25, 0.3) is 0 Å². The Labute approximate surface area is 90.6 Å². The summed E-state index contributed by atoms with van der Waals surface area (Å²) in [7, 11) is 0. The maximum atomic E-state index is 11.5. The summed E-state index contributed by atoms with van der Waals surface area (Å²) in [6.45, 7) is 6.47. The van der Waals surface area contributed by atoms with Gasteiger partial charge in [-0.05, 0) is 19.8 Å². The summed E-state index contributed by atoms with van der Waals surface area (Å²) in [6.07, 6.45) is 1.45. The number of rotatable bonds is 4. The van der Waals surface area contributed by atoms with Crippen LogP contribution in [0.1, 0.15) is 33.6 Å². The van der Waals surface area contributed by atoms with Gasteiger partial charge in [-0.1, -0.05) is 13.3 Å². The number of carbonyl (C=O) groups excluding carboxylic acids is 2. The molecule has 0 saturated carbocycles. The highest BCUT2D eigenvalue weighted by atomic mass is 16.5. The highest BCUT2D eigenvalue weighted by Crippen LogP contribution is 2.20. The molecule has 0 aromatic carbocycles. The molecule has 0 bridgehead atoms. The van der Waals surface area contributed by atoms with E-state index in [0.717, 1.165) is 6.42 Å². The van der Waals surface area contributed by atoms with E-state index >= 15 is 0 Å². The predicted molar refractivity (Wildman–Crippen MR) is 56.2 cm³/mol. The van der Waals surface area contributed by atoms with Gasteiger partial charge in [0.25, 0.3) is 0 Å². The van der Waals surface area contributed by atoms with E-state index in [1.165, 1.54) is 0 Å². The second-order valence-corrected chi connectivity index (χ2v) is 4.29. The Hall–Kier alpha value is -1.06. The third kappa shape index (κ3) is 3.53. The van der Waals surface area contributed by atoms with Crippen molar-refractivity contribution in [3.8, 4) is 0 Å². The third-order valence-electron chi connectivity index (χ3n) is 2.56. The zero-order valence-electron chi connectivity index (χ0n) is 9.66. The summed E-state index contributed by atoms with van der Waals surface area (Å²) in [5.41, 5.74) is 0. The minimum Gasteiger partial charge on any atom is -0.462 e. The van der Waals surface area contributed by atoms with E-state index in [0.29, 0.717) is 18.9 Å². The standard InChI is InChI=1S/C11H19NO3/c1-4-9-5-10(13)12(6-9)7-11(14)15-8(2)3/h8-9H,4-7H2,1-3H3.